The summed E-state index contributed by atoms with van der Waals surface area (Å²) in [4.78, 5) is 11.1. The Bertz CT molecular complexity index is 1040. The van der Waals surface area contributed by atoms with Crippen LogP contribution in [-0.2, 0) is 15.5 Å². The van der Waals surface area contributed by atoms with Crippen LogP contribution in [0, 0.1) is 15.9 Å². The Morgan fingerprint density at radius 3 is 2.43 bits per heavy atom. The van der Waals surface area contributed by atoms with Crippen LogP contribution in [-0.4, -0.2) is 40.4 Å². The molecule has 0 radical (unpaired) electrons. The lowest BCUT2D eigenvalue weighted by Gasteiger charge is -2.30. The van der Waals surface area contributed by atoms with Crippen molar-refractivity contribution in [3.05, 3.63) is 63.5 Å². The molecule has 2 aromatic rings. The first-order chi connectivity index (χ1) is 14.5. The summed E-state index contributed by atoms with van der Waals surface area (Å²) in [5, 5.41) is 11.6. The van der Waals surface area contributed by atoms with Gasteiger partial charge in [0.05, 0.1) is 11.0 Å². The Kier molecular flexibility index (Phi) is 4.86. The smallest absolute Gasteiger partial charge is 0.346 e. The van der Waals surface area contributed by atoms with Crippen molar-refractivity contribution < 1.29 is 23.1 Å². The van der Waals surface area contributed by atoms with E-state index in [1.807, 2.05) is 9.34 Å². The van der Waals surface area contributed by atoms with Gasteiger partial charge in [0.15, 0.2) is 11.6 Å². The molecular weight excluding hydrogens is 412 g/mol. The molecule has 2 aliphatic heterocycles. The van der Waals surface area contributed by atoms with Gasteiger partial charge in [-0.25, -0.2) is 13.7 Å². The molecule has 0 N–H and O–H groups in total. The van der Waals surface area contributed by atoms with E-state index in [4.69, 9.17) is 9.26 Å². The minimum absolute atomic E-state index is 0.0485. The molecule has 3 aliphatic rings. The van der Waals surface area contributed by atoms with Crippen LogP contribution in [0.1, 0.15) is 30.1 Å². The van der Waals surface area contributed by atoms with Crippen LogP contribution in [0.15, 0.2) is 36.4 Å². The Labute approximate surface area is 172 Å². The zero-order valence-electron chi connectivity index (χ0n) is 16.2. The van der Waals surface area contributed by atoms with Crippen molar-refractivity contribution in [3.8, 4) is 11.5 Å². The highest BCUT2D eigenvalue weighted by atomic mass is 31.2. The van der Waals surface area contributed by atoms with E-state index in [-0.39, 0.29) is 17.2 Å². The Morgan fingerprint density at radius 1 is 1.10 bits per heavy atom. The normalized spacial score (nSPS) is 21.2. The van der Waals surface area contributed by atoms with E-state index < -0.39 is 24.5 Å². The van der Waals surface area contributed by atoms with Crippen molar-refractivity contribution in [1.82, 2.24) is 9.34 Å². The molecule has 0 aromatic heterocycles. The van der Waals surface area contributed by atoms with Crippen molar-refractivity contribution in [2.45, 2.75) is 25.4 Å². The fourth-order valence-corrected chi connectivity index (χ4v) is 6.19. The molecule has 8 nitrogen and oxygen atoms in total. The highest BCUT2D eigenvalue weighted by molar-refractivity contribution is 7.54. The first-order valence-corrected chi connectivity index (χ1v) is 11.5. The topological polar surface area (TPSA) is 84.7 Å². The molecule has 30 heavy (non-hydrogen) atoms. The predicted octanol–water partition coefficient (Wildman–Crippen LogP) is 4.66. The van der Waals surface area contributed by atoms with Crippen LogP contribution in [0.4, 0.5) is 10.1 Å². The Balaban J connectivity index is 1.51. The number of nitrogens with zero attached hydrogens (tertiary/aromatic N) is 3. The second-order valence-corrected chi connectivity index (χ2v) is 10.0. The fourth-order valence-electron chi connectivity index (χ4n) is 3.83. The lowest BCUT2D eigenvalue weighted by molar-refractivity contribution is -0.385. The number of hydrogen-bond acceptors (Lipinski definition) is 5. The van der Waals surface area contributed by atoms with E-state index in [2.05, 4.69) is 0 Å². The largest absolute Gasteiger partial charge is 0.447 e. The molecule has 5 rings (SSSR count). The van der Waals surface area contributed by atoms with Gasteiger partial charge in [0.1, 0.15) is 0 Å². The molecule has 10 heteroatoms. The van der Waals surface area contributed by atoms with Gasteiger partial charge in [0.2, 0.25) is 5.75 Å². The van der Waals surface area contributed by atoms with E-state index in [1.54, 1.807) is 12.1 Å². The van der Waals surface area contributed by atoms with Crippen molar-refractivity contribution in [3.63, 3.8) is 0 Å². The van der Waals surface area contributed by atoms with Crippen LogP contribution in [0.25, 0.3) is 0 Å². The molecule has 0 bridgehead atoms. The molecular formula is C20H21FN3O5P. The second kappa shape index (κ2) is 7.42. The molecule has 0 saturated carbocycles. The van der Waals surface area contributed by atoms with E-state index in [0.717, 1.165) is 43.7 Å². The summed E-state index contributed by atoms with van der Waals surface area (Å²) in [6, 6.07) is 8.79. The molecule has 2 fully saturated rings. The number of rotatable bonds is 7. The van der Waals surface area contributed by atoms with Gasteiger partial charge in [-0.2, -0.15) is 0 Å². The molecule has 1 aliphatic carbocycles. The van der Waals surface area contributed by atoms with Gasteiger partial charge in [-0.3, -0.25) is 19.2 Å². The molecule has 2 aromatic carbocycles. The third kappa shape index (κ3) is 3.63. The minimum Gasteiger partial charge on any atom is -0.447 e. The monoisotopic (exact) mass is 433 g/mol. The van der Waals surface area contributed by atoms with Crippen LogP contribution in [0.2, 0.25) is 0 Å². The van der Waals surface area contributed by atoms with Crippen molar-refractivity contribution >= 4 is 13.4 Å². The Morgan fingerprint density at radius 2 is 1.80 bits per heavy atom. The summed E-state index contributed by atoms with van der Waals surface area (Å²) in [5.74, 6) is -0.745. The number of para-hydroxylation sites is 1. The van der Waals surface area contributed by atoms with E-state index in [1.165, 1.54) is 24.3 Å². The molecule has 0 unspecified atom stereocenters. The first-order valence-electron chi connectivity index (χ1n) is 9.98. The van der Waals surface area contributed by atoms with Crippen LogP contribution >= 0.6 is 7.67 Å². The maximum atomic E-state index is 14.1. The lowest BCUT2D eigenvalue weighted by atomic mass is 9.89. The number of hydrogen-bond donors (Lipinski definition) is 0. The van der Waals surface area contributed by atoms with Crippen molar-refractivity contribution in [2.24, 2.45) is 0 Å². The second-order valence-electron chi connectivity index (χ2n) is 7.69. The van der Waals surface area contributed by atoms with Gasteiger partial charge < -0.3 is 4.74 Å². The van der Waals surface area contributed by atoms with E-state index >= 15 is 0 Å². The summed E-state index contributed by atoms with van der Waals surface area (Å²) < 4.78 is 43.0. The number of nitro benzene ring substituents is 1. The van der Waals surface area contributed by atoms with Gasteiger partial charge in [-0.1, -0.05) is 12.1 Å². The number of aryl methyl sites for hydroxylation is 1. The van der Waals surface area contributed by atoms with Crippen molar-refractivity contribution in [2.75, 3.05) is 26.2 Å². The van der Waals surface area contributed by atoms with Crippen molar-refractivity contribution in [1.29, 1.82) is 0 Å². The van der Waals surface area contributed by atoms with Crippen LogP contribution in [0.5, 0.6) is 11.5 Å². The highest BCUT2D eigenvalue weighted by Crippen LogP contribution is 2.64. The van der Waals surface area contributed by atoms with E-state index in [9.17, 15) is 19.1 Å². The van der Waals surface area contributed by atoms with Gasteiger partial charge in [0.25, 0.3) is 0 Å². The number of nitro groups is 1. The summed E-state index contributed by atoms with van der Waals surface area (Å²) in [6.45, 7) is 2.98. The van der Waals surface area contributed by atoms with E-state index in [0.29, 0.717) is 12.8 Å². The zero-order chi connectivity index (χ0) is 20.9. The SMILES string of the molecule is O=[N+]([O-])c1cc2c(cc1Oc1ccccc1F)[C@H](OP(=O)(N1CC1)N1CC1)CCC2. The quantitative estimate of drug-likeness (QED) is 0.272. The highest BCUT2D eigenvalue weighted by Gasteiger charge is 2.51. The summed E-state index contributed by atoms with van der Waals surface area (Å²) in [6.07, 6.45) is 1.65. The Hall–Kier alpha value is -2.32. The average molecular weight is 433 g/mol. The molecule has 1 atom stereocenters. The van der Waals surface area contributed by atoms with Gasteiger partial charge in [-0.15, -0.1) is 0 Å². The maximum Gasteiger partial charge on any atom is 0.346 e. The summed E-state index contributed by atoms with van der Waals surface area (Å²) in [7, 11) is -3.05. The first kappa shape index (κ1) is 19.6. The number of benzene rings is 2. The average Bonchev–Trinajstić information content (AvgIpc) is 3.62. The van der Waals surface area contributed by atoms with Gasteiger partial charge in [0, 0.05) is 32.2 Å². The third-order valence-corrected chi connectivity index (χ3v) is 8.32. The molecule has 0 amide bonds. The zero-order valence-corrected chi connectivity index (χ0v) is 17.1. The number of halogens is 1. The van der Waals surface area contributed by atoms with Gasteiger partial charge >= 0.3 is 13.4 Å². The number of ether oxygens (including phenoxy) is 1. The maximum absolute atomic E-state index is 14.1. The molecule has 2 heterocycles. The minimum atomic E-state index is -3.05. The predicted molar refractivity (Wildman–Crippen MR) is 107 cm³/mol. The standard InChI is InChI=1S/C20H21FN3O5P/c21-16-5-1-2-6-19(16)28-20-13-15-14(12-17(20)24(25)26)4-3-7-18(15)29-30(27,22-8-9-22)23-10-11-23/h1-2,5-6,12-13,18H,3-4,7-11H2/t18-/m1/s1. The number of fused-ring (bicyclic) bond motifs is 1. The van der Waals surface area contributed by atoms with Crippen LogP contribution in [0.3, 0.4) is 0 Å². The van der Waals surface area contributed by atoms with Gasteiger partial charge in [-0.05, 0) is 48.6 Å². The molecule has 0 spiro atoms. The third-order valence-electron chi connectivity index (χ3n) is 5.56. The summed E-state index contributed by atoms with van der Waals surface area (Å²) >= 11 is 0. The summed E-state index contributed by atoms with van der Waals surface area (Å²) in [5.41, 5.74) is 1.28. The van der Waals surface area contributed by atoms with Crippen LogP contribution < -0.4 is 4.74 Å². The molecule has 2 saturated heterocycles. The molecule has 158 valence electrons. The fraction of sp³-hybridized carbons (Fsp3) is 0.400. The lowest BCUT2D eigenvalue weighted by Crippen LogP contribution is -2.17.